The molecule has 2 aromatic heterocycles. The average Bonchev–Trinajstić information content (AvgIpc) is 3.27. The molecule has 1 aliphatic carbocycles. The second-order valence-electron chi connectivity index (χ2n) is 9.13. The molecule has 0 radical (unpaired) electrons. The standard InChI is InChI=1S/C22H31N5O3/c1-2-27-18(6-10-23-27)20(28)26-11-3-9-22(15-26,14-16-4-5-16)21-24-19(30-25-21)17-7-12-29-13-8-17/h6,10,16-17H,2-5,7-9,11-15H2,1H3. The maximum absolute atomic E-state index is 13.3. The second kappa shape index (κ2) is 8.13. The molecular weight excluding hydrogens is 382 g/mol. The topological polar surface area (TPSA) is 86.3 Å². The van der Waals surface area contributed by atoms with E-state index in [2.05, 4.69) is 10.3 Å². The van der Waals surface area contributed by atoms with Crippen molar-refractivity contribution in [2.24, 2.45) is 5.92 Å². The van der Waals surface area contributed by atoms with Crippen molar-refractivity contribution in [1.82, 2.24) is 24.8 Å². The summed E-state index contributed by atoms with van der Waals surface area (Å²) >= 11 is 0. The van der Waals surface area contributed by atoms with Gasteiger partial charge < -0.3 is 14.2 Å². The van der Waals surface area contributed by atoms with Gasteiger partial charge in [0, 0.05) is 45.0 Å². The SMILES string of the molecule is CCn1nccc1C(=O)N1CCCC(CC2CC2)(c2noc(C3CCOCC3)n2)C1. The molecule has 1 amide bonds. The summed E-state index contributed by atoms with van der Waals surface area (Å²) in [6.45, 7) is 5.63. The number of hydrogen-bond donors (Lipinski definition) is 0. The lowest BCUT2D eigenvalue weighted by molar-refractivity contribution is 0.0595. The molecule has 5 rings (SSSR count). The molecule has 8 heteroatoms. The first kappa shape index (κ1) is 19.7. The number of ether oxygens (including phenoxy) is 1. The van der Waals surface area contributed by atoms with Gasteiger partial charge in [-0.1, -0.05) is 18.0 Å². The Labute approximate surface area is 177 Å². The van der Waals surface area contributed by atoms with Crippen molar-refractivity contribution in [2.75, 3.05) is 26.3 Å². The minimum atomic E-state index is -0.209. The molecule has 1 atom stereocenters. The largest absolute Gasteiger partial charge is 0.381 e. The Kier molecular flexibility index (Phi) is 5.35. The van der Waals surface area contributed by atoms with Gasteiger partial charge in [-0.25, -0.2) is 0 Å². The van der Waals surface area contributed by atoms with E-state index < -0.39 is 0 Å². The van der Waals surface area contributed by atoms with E-state index in [1.165, 1.54) is 12.8 Å². The fourth-order valence-electron chi connectivity index (χ4n) is 5.11. The van der Waals surface area contributed by atoms with Crippen LogP contribution in [0.25, 0.3) is 0 Å². The number of rotatable bonds is 6. The third-order valence-electron chi connectivity index (χ3n) is 6.96. The lowest BCUT2D eigenvalue weighted by Gasteiger charge is -2.41. The molecule has 0 aromatic carbocycles. The maximum Gasteiger partial charge on any atom is 0.272 e. The van der Waals surface area contributed by atoms with E-state index in [9.17, 15) is 4.79 Å². The minimum absolute atomic E-state index is 0.0577. The van der Waals surface area contributed by atoms with E-state index in [0.29, 0.717) is 30.6 Å². The number of carbonyl (C=O) groups excluding carboxylic acids is 1. The molecule has 1 unspecified atom stereocenters. The van der Waals surface area contributed by atoms with Crippen LogP contribution in [0.15, 0.2) is 16.8 Å². The van der Waals surface area contributed by atoms with E-state index >= 15 is 0 Å². The van der Waals surface area contributed by atoms with Crippen LogP contribution in [0.3, 0.4) is 0 Å². The van der Waals surface area contributed by atoms with Gasteiger partial charge in [-0.3, -0.25) is 9.48 Å². The normalized spacial score (nSPS) is 25.6. The highest BCUT2D eigenvalue weighted by atomic mass is 16.5. The van der Waals surface area contributed by atoms with E-state index in [1.807, 2.05) is 17.9 Å². The van der Waals surface area contributed by atoms with Crippen LogP contribution in [0.5, 0.6) is 0 Å². The number of likely N-dealkylation sites (tertiary alicyclic amines) is 1. The second-order valence-corrected chi connectivity index (χ2v) is 9.13. The maximum atomic E-state index is 13.3. The predicted octanol–water partition coefficient (Wildman–Crippen LogP) is 3.15. The third-order valence-corrected chi connectivity index (χ3v) is 6.96. The summed E-state index contributed by atoms with van der Waals surface area (Å²) in [5.41, 5.74) is 0.453. The van der Waals surface area contributed by atoms with E-state index in [0.717, 1.165) is 63.6 Å². The monoisotopic (exact) mass is 413 g/mol. The van der Waals surface area contributed by atoms with Crippen LogP contribution < -0.4 is 0 Å². The fourth-order valence-corrected chi connectivity index (χ4v) is 5.11. The molecule has 0 bridgehead atoms. The summed E-state index contributed by atoms with van der Waals surface area (Å²) in [5, 5.41) is 8.75. The van der Waals surface area contributed by atoms with Crippen LogP contribution >= 0.6 is 0 Å². The van der Waals surface area contributed by atoms with Gasteiger partial charge >= 0.3 is 0 Å². The first-order valence-corrected chi connectivity index (χ1v) is 11.4. The Hall–Kier alpha value is -2.22. The molecular formula is C22H31N5O3. The van der Waals surface area contributed by atoms with Crippen molar-refractivity contribution >= 4 is 5.91 Å². The van der Waals surface area contributed by atoms with Crippen molar-refractivity contribution in [3.63, 3.8) is 0 Å². The van der Waals surface area contributed by atoms with Crippen LogP contribution in [0, 0.1) is 5.92 Å². The lowest BCUT2D eigenvalue weighted by atomic mass is 9.74. The Morgan fingerprint density at radius 1 is 1.27 bits per heavy atom. The molecule has 0 N–H and O–H groups in total. The van der Waals surface area contributed by atoms with Crippen molar-refractivity contribution in [2.45, 2.75) is 69.7 Å². The van der Waals surface area contributed by atoms with Gasteiger partial charge in [0.15, 0.2) is 5.82 Å². The first-order chi connectivity index (χ1) is 14.7. The average molecular weight is 414 g/mol. The van der Waals surface area contributed by atoms with Gasteiger partial charge in [-0.15, -0.1) is 0 Å². The molecule has 2 aromatic rings. The van der Waals surface area contributed by atoms with Crippen LogP contribution in [-0.4, -0.2) is 57.0 Å². The zero-order valence-corrected chi connectivity index (χ0v) is 17.8. The Morgan fingerprint density at radius 2 is 2.10 bits per heavy atom. The van der Waals surface area contributed by atoms with Gasteiger partial charge in [0.2, 0.25) is 5.89 Å². The number of nitrogens with zero attached hydrogens (tertiary/aromatic N) is 5. The van der Waals surface area contributed by atoms with Gasteiger partial charge in [0.05, 0.1) is 5.41 Å². The Bertz CT molecular complexity index is 883. The highest BCUT2D eigenvalue weighted by molar-refractivity contribution is 5.92. The minimum Gasteiger partial charge on any atom is -0.381 e. The summed E-state index contributed by atoms with van der Waals surface area (Å²) in [5.74, 6) is 2.61. The first-order valence-electron chi connectivity index (χ1n) is 11.4. The molecule has 0 spiro atoms. The van der Waals surface area contributed by atoms with Crippen molar-refractivity contribution < 1.29 is 14.1 Å². The number of aromatic nitrogens is 4. The van der Waals surface area contributed by atoms with Crippen molar-refractivity contribution in [3.8, 4) is 0 Å². The summed E-state index contributed by atoms with van der Waals surface area (Å²) in [6, 6.07) is 1.82. The smallest absolute Gasteiger partial charge is 0.272 e. The van der Waals surface area contributed by atoms with Crippen LogP contribution in [-0.2, 0) is 16.7 Å². The van der Waals surface area contributed by atoms with Gasteiger partial charge in [-0.2, -0.15) is 10.1 Å². The van der Waals surface area contributed by atoms with Crippen LogP contribution in [0.2, 0.25) is 0 Å². The zero-order chi connectivity index (χ0) is 20.6. The number of amides is 1. The van der Waals surface area contributed by atoms with E-state index in [4.69, 9.17) is 14.2 Å². The molecule has 2 saturated heterocycles. The zero-order valence-electron chi connectivity index (χ0n) is 17.8. The third kappa shape index (κ3) is 3.77. The van der Waals surface area contributed by atoms with Gasteiger partial charge in [0.25, 0.3) is 5.91 Å². The molecule has 8 nitrogen and oxygen atoms in total. The molecule has 30 heavy (non-hydrogen) atoms. The summed E-state index contributed by atoms with van der Waals surface area (Å²) < 4.78 is 13.0. The van der Waals surface area contributed by atoms with Gasteiger partial charge in [-0.05, 0) is 51.0 Å². The Balaban J connectivity index is 1.40. The van der Waals surface area contributed by atoms with Crippen molar-refractivity contribution in [3.05, 3.63) is 29.7 Å². The van der Waals surface area contributed by atoms with Gasteiger partial charge in [0.1, 0.15) is 5.69 Å². The summed E-state index contributed by atoms with van der Waals surface area (Å²) in [6.07, 6.45) is 9.11. The van der Waals surface area contributed by atoms with E-state index in [1.54, 1.807) is 10.9 Å². The molecule has 2 aliphatic heterocycles. The number of carbonyl (C=O) groups is 1. The summed E-state index contributed by atoms with van der Waals surface area (Å²) in [7, 11) is 0. The molecule has 3 fully saturated rings. The molecule has 4 heterocycles. The highest BCUT2D eigenvalue weighted by Gasteiger charge is 2.46. The summed E-state index contributed by atoms with van der Waals surface area (Å²) in [4.78, 5) is 20.2. The highest BCUT2D eigenvalue weighted by Crippen LogP contribution is 2.46. The quantitative estimate of drug-likeness (QED) is 0.723. The van der Waals surface area contributed by atoms with Crippen LogP contribution in [0.1, 0.15) is 80.0 Å². The number of hydrogen-bond acceptors (Lipinski definition) is 6. The molecule has 1 saturated carbocycles. The Morgan fingerprint density at radius 3 is 2.87 bits per heavy atom. The predicted molar refractivity (Wildman–Crippen MR) is 109 cm³/mol. The molecule has 3 aliphatic rings. The van der Waals surface area contributed by atoms with Crippen molar-refractivity contribution in [1.29, 1.82) is 0 Å². The molecule has 162 valence electrons. The number of aryl methyl sites for hydroxylation is 1. The number of piperidine rings is 1. The fraction of sp³-hybridized carbons (Fsp3) is 0.727. The van der Waals surface area contributed by atoms with Crippen LogP contribution in [0.4, 0.5) is 0 Å². The van der Waals surface area contributed by atoms with E-state index in [-0.39, 0.29) is 11.3 Å². The lowest BCUT2D eigenvalue weighted by Crippen LogP contribution is -2.49.